The number of aromatic nitrogens is 1. The molecule has 0 bridgehead atoms. The number of aromatic carboxylic acids is 1. The van der Waals surface area contributed by atoms with Crippen molar-refractivity contribution in [2.24, 2.45) is 0 Å². The highest BCUT2D eigenvalue weighted by Gasteiger charge is 2.25. The lowest BCUT2D eigenvalue weighted by Gasteiger charge is -2.33. The first-order valence-electron chi connectivity index (χ1n) is 4.99. The van der Waals surface area contributed by atoms with Crippen molar-refractivity contribution < 1.29 is 19.8 Å². The normalized spacial score (nSPS) is 16.0. The zero-order chi connectivity index (χ0) is 12.4. The number of hydrogen-bond donors (Lipinski definition) is 2. The van der Waals surface area contributed by atoms with Crippen LogP contribution in [0, 0.1) is 0 Å². The van der Waals surface area contributed by atoms with Gasteiger partial charge in [-0.05, 0) is 0 Å². The van der Waals surface area contributed by atoms with Gasteiger partial charge in [-0.25, -0.2) is 14.6 Å². The van der Waals surface area contributed by atoms with Gasteiger partial charge in [0.1, 0.15) is 5.00 Å². The van der Waals surface area contributed by atoms with E-state index in [-0.39, 0.29) is 5.69 Å². The number of piperazine rings is 1. The summed E-state index contributed by atoms with van der Waals surface area (Å²) in [5.41, 5.74) is 1.53. The monoisotopic (exact) mass is 257 g/mol. The van der Waals surface area contributed by atoms with E-state index in [0.717, 1.165) is 0 Å². The summed E-state index contributed by atoms with van der Waals surface area (Å²) in [7, 11) is 0. The number of nitrogens with zero attached hydrogens (tertiary/aromatic N) is 3. The van der Waals surface area contributed by atoms with E-state index in [4.69, 9.17) is 10.2 Å². The Morgan fingerprint density at radius 3 is 2.41 bits per heavy atom. The molecule has 0 saturated carbocycles. The summed E-state index contributed by atoms with van der Waals surface area (Å²) < 4.78 is 0. The Morgan fingerprint density at radius 2 is 1.88 bits per heavy atom. The van der Waals surface area contributed by atoms with Crippen LogP contribution in [-0.4, -0.2) is 58.3 Å². The lowest BCUT2D eigenvalue weighted by Crippen LogP contribution is -2.48. The van der Waals surface area contributed by atoms with Gasteiger partial charge in [0, 0.05) is 26.2 Å². The van der Waals surface area contributed by atoms with Crippen molar-refractivity contribution >= 4 is 28.4 Å². The molecule has 2 rings (SSSR count). The molecule has 0 aromatic carbocycles. The lowest BCUT2D eigenvalue weighted by atomic mass is 10.3. The summed E-state index contributed by atoms with van der Waals surface area (Å²) >= 11 is 1.26. The van der Waals surface area contributed by atoms with Crippen LogP contribution >= 0.6 is 11.3 Å². The van der Waals surface area contributed by atoms with Crippen LogP contribution in [-0.2, 0) is 0 Å². The highest BCUT2D eigenvalue weighted by molar-refractivity contribution is 7.14. The van der Waals surface area contributed by atoms with Crippen molar-refractivity contribution in [3.05, 3.63) is 11.2 Å². The summed E-state index contributed by atoms with van der Waals surface area (Å²) in [6.07, 6.45) is -0.938. The Kier molecular flexibility index (Phi) is 3.14. The third-order valence-electron chi connectivity index (χ3n) is 2.59. The number of rotatable bonds is 2. The van der Waals surface area contributed by atoms with Crippen LogP contribution in [0.15, 0.2) is 5.51 Å². The Bertz CT molecular complexity index is 439. The van der Waals surface area contributed by atoms with Gasteiger partial charge in [0.25, 0.3) is 0 Å². The number of carbonyl (C=O) groups is 2. The van der Waals surface area contributed by atoms with Gasteiger partial charge in [0.2, 0.25) is 0 Å². The molecule has 0 unspecified atom stereocenters. The molecule has 7 nitrogen and oxygen atoms in total. The highest BCUT2D eigenvalue weighted by Crippen LogP contribution is 2.26. The van der Waals surface area contributed by atoms with Crippen LogP contribution < -0.4 is 4.90 Å². The molecule has 1 fully saturated rings. The molecule has 0 radical (unpaired) electrons. The Morgan fingerprint density at radius 1 is 1.24 bits per heavy atom. The van der Waals surface area contributed by atoms with Gasteiger partial charge < -0.3 is 20.0 Å². The predicted molar refractivity (Wildman–Crippen MR) is 60.9 cm³/mol. The SMILES string of the molecule is O=C(O)c1ncsc1N1CCN(C(=O)O)CC1. The molecule has 0 spiro atoms. The largest absolute Gasteiger partial charge is 0.476 e. The average molecular weight is 257 g/mol. The second-order valence-corrected chi connectivity index (χ2v) is 4.40. The zero-order valence-corrected chi connectivity index (χ0v) is 9.68. The minimum absolute atomic E-state index is 0.0405. The summed E-state index contributed by atoms with van der Waals surface area (Å²) in [6.45, 7) is 1.75. The molecular formula is C9H11N3O4S. The first-order valence-corrected chi connectivity index (χ1v) is 5.87. The molecule has 8 heteroatoms. The fraction of sp³-hybridized carbons (Fsp3) is 0.444. The van der Waals surface area contributed by atoms with Crippen molar-refractivity contribution in [1.82, 2.24) is 9.88 Å². The standard InChI is InChI=1S/C9H11N3O4S/c13-8(14)6-7(17-5-10-6)11-1-3-12(4-2-11)9(15)16/h5H,1-4H2,(H,13,14)(H,15,16). The molecule has 92 valence electrons. The third kappa shape index (κ3) is 2.31. The van der Waals surface area contributed by atoms with Crippen LogP contribution in [0.4, 0.5) is 9.80 Å². The van der Waals surface area contributed by atoms with Crippen molar-refractivity contribution in [2.75, 3.05) is 31.1 Å². The summed E-state index contributed by atoms with van der Waals surface area (Å²) in [5.74, 6) is -1.05. The average Bonchev–Trinajstić information content (AvgIpc) is 2.78. The van der Waals surface area contributed by atoms with Crippen molar-refractivity contribution in [3.63, 3.8) is 0 Å². The second-order valence-electron chi connectivity index (χ2n) is 3.57. The molecule has 2 N–H and O–H groups in total. The van der Waals surface area contributed by atoms with Crippen LogP contribution in [0.1, 0.15) is 10.5 Å². The fourth-order valence-corrected chi connectivity index (χ4v) is 2.55. The van der Waals surface area contributed by atoms with E-state index in [1.54, 1.807) is 0 Å². The molecule has 1 aliphatic rings. The van der Waals surface area contributed by atoms with Gasteiger partial charge in [-0.3, -0.25) is 0 Å². The minimum atomic E-state index is -1.05. The Balaban J connectivity index is 2.08. The first kappa shape index (κ1) is 11.6. The maximum Gasteiger partial charge on any atom is 0.407 e. The number of amides is 1. The fourth-order valence-electron chi connectivity index (χ4n) is 1.71. The van der Waals surface area contributed by atoms with Gasteiger partial charge in [-0.1, -0.05) is 0 Å². The molecule has 2 heterocycles. The summed E-state index contributed by atoms with van der Waals surface area (Å²) in [4.78, 5) is 28.6. The maximum atomic E-state index is 10.9. The molecule has 1 saturated heterocycles. The molecule has 0 aliphatic carbocycles. The third-order valence-corrected chi connectivity index (χ3v) is 3.47. The molecule has 1 aromatic rings. The highest BCUT2D eigenvalue weighted by atomic mass is 32.1. The van der Waals surface area contributed by atoms with E-state index in [9.17, 15) is 9.59 Å². The molecule has 1 amide bonds. The second kappa shape index (κ2) is 4.58. The van der Waals surface area contributed by atoms with Crippen molar-refractivity contribution in [2.45, 2.75) is 0 Å². The topological polar surface area (TPSA) is 94.0 Å². The maximum absolute atomic E-state index is 10.9. The molecule has 17 heavy (non-hydrogen) atoms. The van der Waals surface area contributed by atoms with Gasteiger partial charge in [-0.15, -0.1) is 11.3 Å². The summed E-state index contributed by atoms with van der Waals surface area (Å²) in [5, 5.41) is 18.3. The van der Waals surface area contributed by atoms with Crippen molar-refractivity contribution in [3.8, 4) is 0 Å². The predicted octanol–water partition coefficient (Wildman–Crippen LogP) is 0.641. The quantitative estimate of drug-likeness (QED) is 0.807. The number of carboxylic acid groups (broad SMARTS) is 2. The van der Waals surface area contributed by atoms with E-state index in [1.807, 2.05) is 4.90 Å². The number of hydrogen-bond acceptors (Lipinski definition) is 5. The smallest absolute Gasteiger partial charge is 0.407 e. The molecule has 1 aliphatic heterocycles. The van der Waals surface area contributed by atoms with E-state index >= 15 is 0 Å². The first-order chi connectivity index (χ1) is 8.09. The number of anilines is 1. The van der Waals surface area contributed by atoms with Crippen LogP contribution in [0.5, 0.6) is 0 Å². The Hall–Kier alpha value is -1.83. The van der Waals surface area contributed by atoms with Crippen LogP contribution in [0.25, 0.3) is 0 Å². The van der Waals surface area contributed by atoms with Crippen LogP contribution in [0.2, 0.25) is 0 Å². The molecular weight excluding hydrogens is 246 g/mol. The van der Waals surface area contributed by atoms with E-state index in [0.29, 0.717) is 31.2 Å². The number of thiazole rings is 1. The van der Waals surface area contributed by atoms with Crippen molar-refractivity contribution in [1.29, 1.82) is 0 Å². The summed E-state index contributed by atoms with van der Waals surface area (Å²) in [6, 6.07) is 0. The van der Waals surface area contributed by atoms with E-state index in [1.165, 1.54) is 21.7 Å². The lowest BCUT2D eigenvalue weighted by molar-refractivity contribution is 0.0691. The Labute approximate surface area is 101 Å². The minimum Gasteiger partial charge on any atom is -0.476 e. The van der Waals surface area contributed by atoms with Gasteiger partial charge >= 0.3 is 12.1 Å². The van der Waals surface area contributed by atoms with Crippen LogP contribution in [0.3, 0.4) is 0 Å². The van der Waals surface area contributed by atoms with Gasteiger partial charge in [0.05, 0.1) is 5.51 Å². The van der Waals surface area contributed by atoms with E-state index in [2.05, 4.69) is 4.98 Å². The van der Waals surface area contributed by atoms with Gasteiger partial charge in [0.15, 0.2) is 5.69 Å². The zero-order valence-electron chi connectivity index (χ0n) is 8.87. The number of carboxylic acids is 1. The molecule has 1 aromatic heterocycles. The van der Waals surface area contributed by atoms with Gasteiger partial charge in [-0.2, -0.15) is 0 Å². The van der Waals surface area contributed by atoms with E-state index < -0.39 is 12.1 Å². The molecule has 0 atom stereocenters.